The summed E-state index contributed by atoms with van der Waals surface area (Å²) in [5.74, 6) is 1.48. The first kappa shape index (κ1) is 29.6. The fourth-order valence-corrected chi connectivity index (χ4v) is 7.13. The number of nitrogens with zero attached hydrogens (tertiary/aromatic N) is 2. The van der Waals surface area contributed by atoms with Gasteiger partial charge in [0.1, 0.15) is 18.8 Å². The maximum atomic E-state index is 13.3. The summed E-state index contributed by atoms with van der Waals surface area (Å²) >= 11 is 0. The zero-order valence-electron chi connectivity index (χ0n) is 24.7. The van der Waals surface area contributed by atoms with Crippen molar-refractivity contribution in [2.24, 2.45) is 0 Å². The van der Waals surface area contributed by atoms with Crippen LogP contribution in [0.3, 0.4) is 0 Å². The molecular formula is C34H49N4O3+. The van der Waals surface area contributed by atoms with Gasteiger partial charge in [0.15, 0.2) is 0 Å². The van der Waals surface area contributed by atoms with Gasteiger partial charge in [0.25, 0.3) is 0 Å². The Morgan fingerprint density at radius 3 is 2.17 bits per heavy atom. The second-order valence-electron chi connectivity index (χ2n) is 12.4. The maximum Gasteiger partial charge on any atom is 0.243 e. The van der Waals surface area contributed by atoms with E-state index in [0.29, 0.717) is 32.0 Å². The van der Waals surface area contributed by atoms with Crippen molar-refractivity contribution in [1.82, 2.24) is 10.3 Å². The van der Waals surface area contributed by atoms with Crippen molar-refractivity contribution in [2.75, 3.05) is 44.6 Å². The molecule has 7 nitrogen and oxygen atoms in total. The van der Waals surface area contributed by atoms with Crippen molar-refractivity contribution in [3.05, 3.63) is 60.2 Å². The number of amides is 2. The van der Waals surface area contributed by atoms with E-state index in [2.05, 4.69) is 39.9 Å². The van der Waals surface area contributed by atoms with Crippen LogP contribution in [0.2, 0.25) is 0 Å². The van der Waals surface area contributed by atoms with Gasteiger partial charge in [-0.15, -0.1) is 5.01 Å². The molecule has 3 aliphatic rings. The SMILES string of the molecule is O=C(CN1CC(NC(=O)CCOc2ccccc2)C[N+]12CCCCCCCC2)Nc1ccc(C2CCCCC2)cc1. The highest BCUT2D eigenvalue weighted by atomic mass is 16.5. The van der Waals surface area contributed by atoms with Crippen LogP contribution in [0, 0.1) is 0 Å². The molecule has 1 saturated carbocycles. The Morgan fingerprint density at radius 1 is 0.805 bits per heavy atom. The van der Waals surface area contributed by atoms with E-state index in [0.717, 1.165) is 48.5 Å². The van der Waals surface area contributed by atoms with Crippen molar-refractivity contribution in [3.8, 4) is 5.75 Å². The van der Waals surface area contributed by atoms with Gasteiger partial charge in [-0.2, -0.15) is 0 Å². The van der Waals surface area contributed by atoms with Crippen molar-refractivity contribution >= 4 is 17.5 Å². The smallest absolute Gasteiger partial charge is 0.243 e. The molecule has 41 heavy (non-hydrogen) atoms. The normalized spacial score (nSPS) is 21.9. The molecule has 0 bridgehead atoms. The Kier molecular flexibility index (Phi) is 10.7. The second kappa shape index (κ2) is 14.8. The number of quaternary nitrogens is 1. The number of rotatable bonds is 9. The van der Waals surface area contributed by atoms with Crippen molar-refractivity contribution in [2.45, 2.75) is 89.0 Å². The quantitative estimate of drug-likeness (QED) is 0.367. The number of para-hydroxylation sites is 1. The van der Waals surface area contributed by atoms with E-state index in [1.54, 1.807) is 0 Å². The van der Waals surface area contributed by atoms with E-state index < -0.39 is 0 Å². The standard InChI is InChI=1S/C34H48N4O3/c39-33(21-24-41-32-15-9-6-10-16-32)36-31-25-37(38(27-31)22-11-3-1-2-4-12-23-38)26-34(40)35-30-19-17-29(18-20-30)28-13-7-5-8-14-28/h6,9-10,15-20,28,31H,1-5,7-8,11-14,21-27H2,(H-,35,36,39,40)/p+1. The van der Waals surface area contributed by atoms with Gasteiger partial charge in [0, 0.05) is 5.69 Å². The molecule has 5 rings (SSSR count). The fourth-order valence-electron chi connectivity index (χ4n) is 7.13. The number of carbonyl (C=O) groups is 2. The lowest BCUT2D eigenvalue weighted by atomic mass is 9.84. The highest BCUT2D eigenvalue weighted by molar-refractivity contribution is 5.92. The minimum atomic E-state index is 0.0118. The molecule has 3 fully saturated rings. The zero-order valence-corrected chi connectivity index (χ0v) is 24.7. The number of carbonyl (C=O) groups excluding carboxylic acids is 2. The summed E-state index contributed by atoms with van der Waals surface area (Å²) in [6, 6.07) is 18.2. The minimum absolute atomic E-state index is 0.0118. The van der Waals surface area contributed by atoms with E-state index in [1.165, 1.54) is 63.4 Å². The van der Waals surface area contributed by atoms with E-state index in [4.69, 9.17) is 4.74 Å². The van der Waals surface area contributed by atoms with E-state index in [1.807, 2.05) is 30.3 Å². The maximum absolute atomic E-state index is 13.3. The first-order chi connectivity index (χ1) is 20.1. The van der Waals surface area contributed by atoms with Crippen molar-refractivity contribution in [1.29, 1.82) is 0 Å². The Labute approximate surface area is 246 Å². The molecule has 222 valence electrons. The number of ether oxygens (including phenoxy) is 1. The summed E-state index contributed by atoms with van der Waals surface area (Å²) in [6.07, 6.45) is 14.2. The van der Waals surface area contributed by atoms with Crippen LogP contribution in [0.1, 0.15) is 88.5 Å². The third kappa shape index (κ3) is 8.55. The van der Waals surface area contributed by atoms with Crippen LogP contribution in [-0.4, -0.2) is 66.8 Å². The molecule has 1 aliphatic carbocycles. The molecule has 1 atom stereocenters. The molecule has 0 aromatic heterocycles. The Morgan fingerprint density at radius 2 is 1.46 bits per heavy atom. The first-order valence-corrected chi connectivity index (χ1v) is 16.1. The molecule has 2 aromatic rings. The van der Waals surface area contributed by atoms with Gasteiger partial charge in [-0.25, -0.2) is 4.59 Å². The number of anilines is 1. The largest absolute Gasteiger partial charge is 0.493 e. The summed E-state index contributed by atoms with van der Waals surface area (Å²) in [6.45, 7) is 4.32. The molecule has 2 heterocycles. The summed E-state index contributed by atoms with van der Waals surface area (Å²) in [5.41, 5.74) is 2.27. The Balaban J connectivity index is 1.18. The lowest BCUT2D eigenvalue weighted by molar-refractivity contribution is -1.02. The third-order valence-electron chi connectivity index (χ3n) is 9.29. The molecule has 2 saturated heterocycles. The summed E-state index contributed by atoms with van der Waals surface area (Å²) in [7, 11) is 0. The van der Waals surface area contributed by atoms with Crippen LogP contribution in [-0.2, 0) is 9.59 Å². The molecule has 2 amide bonds. The van der Waals surface area contributed by atoms with Crippen molar-refractivity contribution < 1.29 is 18.9 Å². The minimum Gasteiger partial charge on any atom is -0.493 e. The van der Waals surface area contributed by atoms with E-state index >= 15 is 0 Å². The average molecular weight is 562 g/mol. The molecular weight excluding hydrogens is 512 g/mol. The molecule has 2 aliphatic heterocycles. The van der Waals surface area contributed by atoms with Crippen LogP contribution in [0.25, 0.3) is 0 Å². The summed E-state index contributed by atoms with van der Waals surface area (Å²) in [5, 5.41) is 8.77. The van der Waals surface area contributed by atoms with Gasteiger partial charge in [-0.1, -0.05) is 62.4 Å². The van der Waals surface area contributed by atoms with Crippen LogP contribution in [0.5, 0.6) is 5.75 Å². The predicted octanol–water partition coefficient (Wildman–Crippen LogP) is 6.03. The van der Waals surface area contributed by atoms with Gasteiger partial charge >= 0.3 is 0 Å². The lowest BCUT2D eigenvalue weighted by Crippen LogP contribution is -2.58. The van der Waals surface area contributed by atoms with E-state index in [-0.39, 0.29) is 17.9 Å². The lowest BCUT2D eigenvalue weighted by Gasteiger charge is -2.40. The number of hydrogen-bond donors (Lipinski definition) is 2. The van der Waals surface area contributed by atoms with Gasteiger partial charge in [-0.05, 0) is 74.3 Å². The number of nitrogens with one attached hydrogen (secondary N) is 2. The fraction of sp³-hybridized carbons (Fsp3) is 0.588. The third-order valence-corrected chi connectivity index (χ3v) is 9.29. The van der Waals surface area contributed by atoms with Gasteiger partial charge in [-0.3, -0.25) is 9.59 Å². The van der Waals surface area contributed by atoms with Crippen molar-refractivity contribution in [3.63, 3.8) is 0 Å². The average Bonchev–Trinajstić information content (AvgIpc) is 3.37. The number of benzene rings is 2. The topological polar surface area (TPSA) is 70.7 Å². The zero-order chi connectivity index (χ0) is 28.3. The van der Waals surface area contributed by atoms with Gasteiger partial charge < -0.3 is 15.4 Å². The second-order valence-corrected chi connectivity index (χ2v) is 12.4. The van der Waals surface area contributed by atoms with Crippen LogP contribution < -0.4 is 15.4 Å². The number of hydrogen-bond acceptors (Lipinski definition) is 4. The Bertz CT molecular complexity index is 1090. The Hall–Kier alpha value is -2.90. The summed E-state index contributed by atoms with van der Waals surface area (Å²) in [4.78, 5) is 26.2. The van der Waals surface area contributed by atoms with Crippen LogP contribution >= 0.6 is 0 Å². The predicted molar refractivity (Wildman–Crippen MR) is 164 cm³/mol. The monoisotopic (exact) mass is 561 g/mol. The first-order valence-electron chi connectivity index (χ1n) is 16.1. The van der Waals surface area contributed by atoms with E-state index in [9.17, 15) is 9.59 Å². The van der Waals surface area contributed by atoms with Crippen LogP contribution in [0.15, 0.2) is 54.6 Å². The molecule has 0 radical (unpaired) electrons. The molecule has 7 heteroatoms. The summed E-state index contributed by atoms with van der Waals surface area (Å²) < 4.78 is 6.54. The molecule has 1 unspecified atom stereocenters. The molecule has 1 spiro atoms. The highest BCUT2D eigenvalue weighted by Crippen LogP contribution is 2.33. The highest BCUT2D eigenvalue weighted by Gasteiger charge is 2.46. The molecule has 2 N–H and O–H groups in total. The van der Waals surface area contributed by atoms with Crippen LogP contribution in [0.4, 0.5) is 5.69 Å². The van der Waals surface area contributed by atoms with Gasteiger partial charge in [0.2, 0.25) is 11.8 Å². The molecule has 2 aromatic carbocycles. The van der Waals surface area contributed by atoms with Gasteiger partial charge in [0.05, 0.1) is 38.7 Å².